The zero-order valence-corrected chi connectivity index (χ0v) is 19.4. The summed E-state index contributed by atoms with van der Waals surface area (Å²) in [5, 5.41) is 3.07. The molecule has 8 heteroatoms. The highest BCUT2D eigenvalue weighted by molar-refractivity contribution is 7.89. The molecule has 4 rings (SSSR count). The second-order valence-corrected chi connectivity index (χ2v) is 10.7. The maximum absolute atomic E-state index is 12.9. The zero-order valence-electron chi connectivity index (χ0n) is 18.5. The van der Waals surface area contributed by atoms with E-state index in [9.17, 15) is 13.2 Å². The number of carbonyl (C=O) groups excluding carboxylic acids is 1. The first-order chi connectivity index (χ1) is 15.3. The Balaban J connectivity index is 1.47. The van der Waals surface area contributed by atoms with Gasteiger partial charge in [-0.25, -0.2) is 8.42 Å². The summed E-state index contributed by atoms with van der Waals surface area (Å²) in [5.74, 6) is 1.04. The van der Waals surface area contributed by atoms with Gasteiger partial charge in [-0.1, -0.05) is 24.6 Å². The number of para-hydroxylation sites is 1. The Morgan fingerprint density at radius 2 is 1.81 bits per heavy atom. The molecule has 1 saturated carbocycles. The molecule has 1 fully saturated rings. The van der Waals surface area contributed by atoms with E-state index in [1.54, 1.807) is 12.1 Å². The van der Waals surface area contributed by atoms with Crippen LogP contribution in [0.15, 0.2) is 53.4 Å². The van der Waals surface area contributed by atoms with Crippen molar-refractivity contribution in [3.05, 3.63) is 54.1 Å². The lowest BCUT2D eigenvalue weighted by atomic mass is 9.77. The number of hydrogen-bond donors (Lipinski definition) is 1. The van der Waals surface area contributed by atoms with Gasteiger partial charge in [-0.3, -0.25) is 4.79 Å². The minimum absolute atomic E-state index is 0.117. The molecule has 0 saturated heterocycles. The third kappa shape index (κ3) is 4.61. The minimum atomic E-state index is -3.80. The van der Waals surface area contributed by atoms with Crippen molar-refractivity contribution in [2.24, 2.45) is 0 Å². The summed E-state index contributed by atoms with van der Waals surface area (Å²) in [7, 11) is -0.859. The highest BCUT2D eigenvalue weighted by Gasteiger charge is 2.42. The van der Waals surface area contributed by atoms with Crippen molar-refractivity contribution in [3.63, 3.8) is 0 Å². The van der Waals surface area contributed by atoms with Crippen LogP contribution in [0.25, 0.3) is 0 Å². The summed E-state index contributed by atoms with van der Waals surface area (Å²) in [4.78, 5) is 13.0. The Labute approximate surface area is 189 Å². The Bertz CT molecular complexity index is 1060. The third-order valence-electron chi connectivity index (χ3n) is 6.43. The van der Waals surface area contributed by atoms with Crippen molar-refractivity contribution in [1.82, 2.24) is 9.62 Å². The number of fused-ring (bicyclic) bond motifs is 1. The molecule has 1 unspecified atom stereocenters. The van der Waals surface area contributed by atoms with E-state index in [-0.39, 0.29) is 29.0 Å². The summed E-state index contributed by atoms with van der Waals surface area (Å²) >= 11 is 0. The fourth-order valence-corrected chi connectivity index (χ4v) is 5.83. The second kappa shape index (κ2) is 9.11. The predicted molar refractivity (Wildman–Crippen MR) is 121 cm³/mol. The fraction of sp³-hybridized carbons (Fsp3) is 0.458. The maximum Gasteiger partial charge on any atom is 0.243 e. The Kier molecular flexibility index (Phi) is 6.44. The van der Waals surface area contributed by atoms with Crippen molar-refractivity contribution in [2.75, 3.05) is 20.7 Å². The lowest BCUT2D eigenvalue weighted by Crippen LogP contribution is -2.48. The average molecular weight is 459 g/mol. The van der Waals surface area contributed by atoms with Crippen molar-refractivity contribution in [2.45, 2.75) is 55.1 Å². The van der Waals surface area contributed by atoms with Gasteiger partial charge in [-0.2, -0.15) is 4.31 Å². The summed E-state index contributed by atoms with van der Waals surface area (Å²) in [6, 6.07) is 13.7. The van der Waals surface area contributed by atoms with Gasteiger partial charge in [0.05, 0.1) is 24.6 Å². The molecule has 32 heavy (non-hydrogen) atoms. The fourth-order valence-electron chi connectivity index (χ4n) is 4.70. The Morgan fingerprint density at radius 1 is 1.12 bits per heavy atom. The molecule has 0 radical (unpaired) electrons. The number of ether oxygens (including phenoxy) is 2. The molecule has 0 bridgehead atoms. The number of carbonyl (C=O) groups is 1. The molecule has 172 valence electrons. The van der Waals surface area contributed by atoms with Crippen LogP contribution in [0, 0.1) is 0 Å². The van der Waals surface area contributed by atoms with Crippen LogP contribution in [0.1, 0.15) is 50.1 Å². The molecule has 7 nitrogen and oxygen atoms in total. The molecule has 2 aromatic carbocycles. The predicted octanol–water partition coefficient (Wildman–Crippen LogP) is 3.66. The molecule has 0 aromatic heterocycles. The molecule has 1 atom stereocenters. The first kappa shape index (κ1) is 22.6. The second-order valence-electron chi connectivity index (χ2n) is 8.64. The Hall–Kier alpha value is -2.58. The van der Waals surface area contributed by atoms with Crippen LogP contribution < -0.4 is 14.8 Å². The first-order valence-electron chi connectivity index (χ1n) is 11.0. The number of sulfonamides is 1. The van der Waals surface area contributed by atoms with Crippen molar-refractivity contribution in [1.29, 1.82) is 0 Å². The number of nitrogens with one attached hydrogen (secondary N) is 1. The molecule has 1 N–H and O–H groups in total. The average Bonchev–Trinajstić information content (AvgIpc) is 2.79. The van der Waals surface area contributed by atoms with E-state index in [2.05, 4.69) is 5.32 Å². The zero-order chi connectivity index (χ0) is 22.8. The maximum atomic E-state index is 12.9. The van der Waals surface area contributed by atoms with Crippen LogP contribution >= 0.6 is 0 Å². The molecule has 1 spiro atoms. The third-order valence-corrected chi connectivity index (χ3v) is 8.25. The SMILES string of the molecule is COc1ccc(S(=O)(=O)N(C)CC(=O)NC2CC3(CCCCC3)Oc3ccccc32)cc1. The molecule has 1 heterocycles. The van der Waals surface area contributed by atoms with Gasteiger partial charge >= 0.3 is 0 Å². The number of nitrogens with zero attached hydrogens (tertiary/aromatic N) is 1. The molecule has 1 amide bonds. The largest absolute Gasteiger partial charge is 0.497 e. The topological polar surface area (TPSA) is 84.9 Å². The van der Waals surface area contributed by atoms with Gasteiger partial charge in [0.1, 0.15) is 17.1 Å². The van der Waals surface area contributed by atoms with Gasteiger partial charge in [0, 0.05) is 19.0 Å². The van der Waals surface area contributed by atoms with Crippen LogP contribution in [0.2, 0.25) is 0 Å². The first-order valence-corrected chi connectivity index (χ1v) is 12.4. The summed E-state index contributed by atoms with van der Waals surface area (Å²) in [6.45, 7) is -0.263. The smallest absolute Gasteiger partial charge is 0.243 e. The normalized spacial score (nSPS) is 19.8. The van der Waals surface area contributed by atoms with Crippen molar-refractivity contribution in [3.8, 4) is 11.5 Å². The van der Waals surface area contributed by atoms with Crippen LogP contribution in [0.5, 0.6) is 11.5 Å². The molecule has 2 aromatic rings. The van der Waals surface area contributed by atoms with Gasteiger partial charge < -0.3 is 14.8 Å². The van der Waals surface area contributed by atoms with Gasteiger partial charge in [0.15, 0.2) is 0 Å². The van der Waals surface area contributed by atoms with Gasteiger partial charge in [-0.15, -0.1) is 0 Å². The van der Waals surface area contributed by atoms with Gasteiger partial charge in [0.2, 0.25) is 15.9 Å². The monoisotopic (exact) mass is 458 g/mol. The molecule has 2 aliphatic rings. The van der Waals surface area contributed by atoms with Crippen molar-refractivity contribution >= 4 is 15.9 Å². The van der Waals surface area contributed by atoms with Gasteiger partial charge in [0.25, 0.3) is 0 Å². The van der Waals surface area contributed by atoms with Crippen LogP contribution in [0.3, 0.4) is 0 Å². The molecule has 1 aliphatic heterocycles. The van der Waals surface area contributed by atoms with E-state index in [0.29, 0.717) is 12.2 Å². The Morgan fingerprint density at radius 3 is 2.50 bits per heavy atom. The highest BCUT2D eigenvalue weighted by Crippen LogP contribution is 2.46. The van der Waals surface area contributed by atoms with Crippen LogP contribution in [-0.2, 0) is 14.8 Å². The summed E-state index contributed by atoms with van der Waals surface area (Å²) in [6.07, 6.45) is 6.08. The van der Waals surface area contributed by atoms with Crippen molar-refractivity contribution < 1.29 is 22.7 Å². The number of likely N-dealkylation sites (N-methyl/N-ethyl adjacent to an activating group) is 1. The summed E-state index contributed by atoms with van der Waals surface area (Å²) < 4.78 is 38.3. The lowest BCUT2D eigenvalue weighted by Gasteiger charge is -2.44. The van der Waals surface area contributed by atoms with E-state index in [1.807, 2.05) is 24.3 Å². The van der Waals surface area contributed by atoms with Crippen LogP contribution in [0.4, 0.5) is 0 Å². The van der Waals surface area contributed by atoms with E-state index in [0.717, 1.165) is 41.3 Å². The van der Waals surface area contributed by atoms with E-state index in [1.165, 1.54) is 32.7 Å². The number of amides is 1. The summed E-state index contributed by atoms with van der Waals surface area (Å²) in [5.41, 5.74) is 0.684. The lowest BCUT2D eigenvalue weighted by molar-refractivity contribution is -0.122. The number of rotatable bonds is 6. The standard InChI is InChI=1S/C24H30N2O5S/c1-26(32(28,29)19-12-10-18(30-2)11-13-19)17-23(27)25-21-16-24(14-6-3-7-15-24)31-22-9-5-4-8-20(21)22/h4-5,8-13,21H,3,6-7,14-17H2,1-2H3,(H,25,27). The van der Waals surface area contributed by atoms with E-state index < -0.39 is 10.0 Å². The van der Waals surface area contributed by atoms with Crippen LogP contribution in [-0.4, -0.2) is 44.9 Å². The molecular weight excluding hydrogens is 428 g/mol. The van der Waals surface area contributed by atoms with E-state index >= 15 is 0 Å². The quantitative estimate of drug-likeness (QED) is 0.714. The van der Waals surface area contributed by atoms with E-state index in [4.69, 9.17) is 9.47 Å². The minimum Gasteiger partial charge on any atom is -0.497 e. The molecular formula is C24H30N2O5S. The number of methoxy groups -OCH3 is 1. The highest BCUT2D eigenvalue weighted by atomic mass is 32.2. The molecule has 1 aliphatic carbocycles. The number of hydrogen-bond acceptors (Lipinski definition) is 5. The van der Waals surface area contributed by atoms with Gasteiger partial charge in [-0.05, 0) is 56.0 Å². The number of benzene rings is 2.